The summed E-state index contributed by atoms with van der Waals surface area (Å²) in [4.78, 5) is 0. The first-order valence-corrected chi connectivity index (χ1v) is 5.87. The number of allylic oxidation sites excluding steroid dienone is 1. The smallest absolute Gasteiger partial charge is 0.0351 e. The number of rotatable bonds is 5. The highest BCUT2D eigenvalue weighted by Gasteiger charge is 2.15. The highest BCUT2D eigenvalue weighted by atomic mass is 15.0. The Hall–Kier alpha value is -0.760. The average Bonchev–Trinajstić information content (AvgIpc) is 1.99. The number of hydrogen-bond donors (Lipinski definition) is 2. The number of nitrogens with one attached hydrogen (secondary N) is 2. The summed E-state index contributed by atoms with van der Waals surface area (Å²) in [6.45, 7) is 22.8. The summed E-state index contributed by atoms with van der Waals surface area (Å²) in [6.07, 6.45) is 0. The van der Waals surface area contributed by atoms with Crippen molar-refractivity contribution >= 4 is 0 Å². The highest BCUT2D eigenvalue weighted by molar-refractivity contribution is 5.11. The third-order valence-electron chi connectivity index (χ3n) is 2.23. The van der Waals surface area contributed by atoms with E-state index < -0.39 is 0 Å². The lowest BCUT2D eigenvalue weighted by molar-refractivity contribution is 0.384. The molecule has 0 saturated carbocycles. The molecule has 0 bridgehead atoms. The Morgan fingerprint density at radius 3 is 1.88 bits per heavy atom. The van der Waals surface area contributed by atoms with Crippen LogP contribution in [0.3, 0.4) is 0 Å². The molecule has 16 heavy (non-hydrogen) atoms. The Balaban J connectivity index is 3.89. The van der Waals surface area contributed by atoms with Crippen molar-refractivity contribution in [3.05, 3.63) is 24.6 Å². The molecule has 0 saturated heterocycles. The normalized spacial score (nSPS) is 12.4. The van der Waals surface area contributed by atoms with Gasteiger partial charge < -0.3 is 10.6 Å². The van der Waals surface area contributed by atoms with Crippen molar-refractivity contribution in [3.8, 4) is 0 Å². The Labute approximate surface area is 101 Å². The SMILES string of the molecule is C=C(CNCC(C)(C)C)NC(=C)C(C)(C)C. The lowest BCUT2D eigenvalue weighted by atomic mass is 9.93. The first-order chi connectivity index (χ1) is 7.02. The molecule has 2 heteroatoms. The minimum Gasteiger partial charge on any atom is -0.362 e. The van der Waals surface area contributed by atoms with Crippen molar-refractivity contribution in [2.24, 2.45) is 10.8 Å². The van der Waals surface area contributed by atoms with E-state index >= 15 is 0 Å². The van der Waals surface area contributed by atoms with Crippen LogP contribution < -0.4 is 10.6 Å². The first kappa shape index (κ1) is 15.2. The van der Waals surface area contributed by atoms with Crippen LogP contribution in [0.4, 0.5) is 0 Å². The van der Waals surface area contributed by atoms with Crippen LogP contribution in [-0.4, -0.2) is 13.1 Å². The third-order valence-corrected chi connectivity index (χ3v) is 2.23. The van der Waals surface area contributed by atoms with Crippen LogP contribution in [0, 0.1) is 10.8 Å². The van der Waals surface area contributed by atoms with Crippen LogP contribution in [0.5, 0.6) is 0 Å². The molecule has 0 heterocycles. The fraction of sp³-hybridized carbons (Fsp3) is 0.714. The molecule has 0 aromatic heterocycles. The summed E-state index contributed by atoms with van der Waals surface area (Å²) in [5, 5.41) is 6.63. The van der Waals surface area contributed by atoms with E-state index in [1.165, 1.54) is 0 Å². The van der Waals surface area contributed by atoms with Gasteiger partial charge in [-0.05, 0) is 5.41 Å². The molecule has 0 aliphatic heterocycles. The highest BCUT2D eigenvalue weighted by Crippen LogP contribution is 2.21. The molecule has 0 amide bonds. The van der Waals surface area contributed by atoms with Gasteiger partial charge in [-0.3, -0.25) is 0 Å². The van der Waals surface area contributed by atoms with E-state index in [9.17, 15) is 0 Å². The standard InChI is InChI=1S/C14H28N2/c1-11(9-15-10-13(3,4)5)16-12(2)14(6,7)8/h15-16H,1-2,9-10H2,3-8H3. The second kappa shape index (κ2) is 5.53. The molecule has 0 aromatic rings. The van der Waals surface area contributed by atoms with Gasteiger partial charge in [0, 0.05) is 29.9 Å². The van der Waals surface area contributed by atoms with Gasteiger partial charge >= 0.3 is 0 Å². The summed E-state index contributed by atoms with van der Waals surface area (Å²) in [7, 11) is 0. The van der Waals surface area contributed by atoms with Gasteiger partial charge in [0.1, 0.15) is 0 Å². The fourth-order valence-electron chi connectivity index (χ4n) is 1.03. The Morgan fingerprint density at radius 2 is 1.50 bits per heavy atom. The average molecular weight is 224 g/mol. The monoisotopic (exact) mass is 224 g/mol. The Morgan fingerprint density at radius 1 is 1.00 bits per heavy atom. The first-order valence-electron chi connectivity index (χ1n) is 5.87. The van der Waals surface area contributed by atoms with E-state index in [1.807, 2.05) is 0 Å². The summed E-state index contributed by atoms with van der Waals surface area (Å²) in [5.41, 5.74) is 2.37. The van der Waals surface area contributed by atoms with Crippen molar-refractivity contribution < 1.29 is 0 Å². The van der Waals surface area contributed by atoms with E-state index in [0.29, 0.717) is 5.41 Å². The summed E-state index contributed by atoms with van der Waals surface area (Å²) < 4.78 is 0. The van der Waals surface area contributed by atoms with Gasteiger partial charge in [0.05, 0.1) is 0 Å². The van der Waals surface area contributed by atoms with Crippen LogP contribution in [0.1, 0.15) is 41.5 Å². The predicted octanol–water partition coefficient (Wildman–Crippen LogP) is 3.29. The van der Waals surface area contributed by atoms with Gasteiger partial charge in [-0.25, -0.2) is 0 Å². The molecule has 0 rings (SSSR count). The molecule has 0 unspecified atom stereocenters. The van der Waals surface area contributed by atoms with Crippen molar-refractivity contribution in [3.63, 3.8) is 0 Å². The zero-order valence-corrected chi connectivity index (χ0v) is 11.8. The lowest BCUT2D eigenvalue weighted by Crippen LogP contribution is -2.32. The molecule has 0 fully saturated rings. The maximum absolute atomic E-state index is 4.02. The second-order valence-corrected chi connectivity index (χ2v) is 6.62. The van der Waals surface area contributed by atoms with Crippen LogP contribution in [0.2, 0.25) is 0 Å². The molecule has 0 aliphatic rings. The zero-order valence-electron chi connectivity index (χ0n) is 11.8. The topological polar surface area (TPSA) is 24.1 Å². The van der Waals surface area contributed by atoms with Gasteiger partial charge in [-0.15, -0.1) is 0 Å². The van der Waals surface area contributed by atoms with Crippen LogP contribution in [0.15, 0.2) is 24.6 Å². The van der Waals surface area contributed by atoms with Crippen LogP contribution in [-0.2, 0) is 0 Å². The molecule has 0 aliphatic carbocycles. The molecule has 0 atom stereocenters. The van der Waals surface area contributed by atoms with Gasteiger partial charge in [0.15, 0.2) is 0 Å². The number of hydrogen-bond acceptors (Lipinski definition) is 2. The maximum atomic E-state index is 4.02. The molecular formula is C14H28N2. The Bertz CT molecular complexity index is 251. The second-order valence-electron chi connectivity index (χ2n) is 6.62. The molecule has 0 aromatic carbocycles. The lowest BCUT2D eigenvalue weighted by Gasteiger charge is -2.25. The van der Waals surface area contributed by atoms with E-state index in [0.717, 1.165) is 24.5 Å². The molecular weight excluding hydrogens is 196 g/mol. The third kappa shape index (κ3) is 7.52. The Kier molecular flexibility index (Phi) is 5.27. The molecule has 94 valence electrons. The van der Waals surface area contributed by atoms with E-state index in [2.05, 4.69) is 65.3 Å². The van der Waals surface area contributed by atoms with Gasteiger partial charge in [-0.2, -0.15) is 0 Å². The van der Waals surface area contributed by atoms with Crippen LogP contribution >= 0.6 is 0 Å². The predicted molar refractivity (Wildman–Crippen MR) is 73.2 cm³/mol. The van der Waals surface area contributed by atoms with Gasteiger partial charge in [-0.1, -0.05) is 54.7 Å². The zero-order chi connectivity index (χ0) is 13.0. The van der Waals surface area contributed by atoms with Gasteiger partial charge in [0.2, 0.25) is 0 Å². The van der Waals surface area contributed by atoms with Crippen molar-refractivity contribution in [2.45, 2.75) is 41.5 Å². The molecule has 0 radical (unpaired) electrons. The minimum atomic E-state index is 0.0764. The summed E-state index contributed by atoms with van der Waals surface area (Å²) >= 11 is 0. The van der Waals surface area contributed by atoms with Gasteiger partial charge in [0.25, 0.3) is 0 Å². The fourth-order valence-corrected chi connectivity index (χ4v) is 1.03. The van der Waals surface area contributed by atoms with Crippen molar-refractivity contribution in [1.29, 1.82) is 0 Å². The molecule has 0 spiro atoms. The molecule has 2 nitrogen and oxygen atoms in total. The summed E-state index contributed by atoms with van der Waals surface area (Å²) in [5.74, 6) is 0. The van der Waals surface area contributed by atoms with Crippen molar-refractivity contribution in [1.82, 2.24) is 10.6 Å². The van der Waals surface area contributed by atoms with Crippen molar-refractivity contribution in [2.75, 3.05) is 13.1 Å². The van der Waals surface area contributed by atoms with E-state index in [1.54, 1.807) is 0 Å². The van der Waals surface area contributed by atoms with E-state index in [4.69, 9.17) is 0 Å². The van der Waals surface area contributed by atoms with Crippen LogP contribution in [0.25, 0.3) is 0 Å². The minimum absolute atomic E-state index is 0.0764. The molecule has 2 N–H and O–H groups in total. The quantitative estimate of drug-likeness (QED) is 0.749. The largest absolute Gasteiger partial charge is 0.362 e. The summed E-state index contributed by atoms with van der Waals surface area (Å²) in [6, 6.07) is 0. The van der Waals surface area contributed by atoms with E-state index in [-0.39, 0.29) is 5.41 Å². The maximum Gasteiger partial charge on any atom is 0.0351 e.